The van der Waals surface area contributed by atoms with E-state index in [1.807, 2.05) is 0 Å². The van der Waals surface area contributed by atoms with E-state index in [0.29, 0.717) is 30.7 Å². The van der Waals surface area contributed by atoms with Crippen LogP contribution in [0, 0.1) is 5.41 Å². The van der Waals surface area contributed by atoms with Crippen molar-refractivity contribution in [3.63, 3.8) is 0 Å². The van der Waals surface area contributed by atoms with Crippen molar-refractivity contribution in [2.24, 2.45) is 5.41 Å². The van der Waals surface area contributed by atoms with Crippen molar-refractivity contribution in [3.05, 3.63) is 11.2 Å². The first-order chi connectivity index (χ1) is 15.9. The van der Waals surface area contributed by atoms with Crippen LogP contribution in [0.3, 0.4) is 0 Å². The molecule has 35 heavy (non-hydrogen) atoms. The van der Waals surface area contributed by atoms with Crippen molar-refractivity contribution in [1.29, 1.82) is 0 Å². The minimum Gasteiger partial charge on any atom is -0.467 e. The third kappa shape index (κ3) is 7.41. The highest BCUT2D eigenvalue weighted by molar-refractivity contribution is 6.74. The van der Waals surface area contributed by atoms with Gasteiger partial charge in [-0.3, -0.25) is 0 Å². The van der Waals surface area contributed by atoms with Crippen LogP contribution in [0.2, 0.25) is 41.4 Å². The van der Waals surface area contributed by atoms with Crippen LogP contribution in [-0.2, 0) is 8.85 Å². The SMILES string of the molecule is COc1nc(Cl)cc(N2CCC(CO[Si](C)(C)C(C)(C)C)(CO[Si](C)(C)C(C)(C)C)CC2CO)n1. The number of nitrogens with zero attached hydrogens (tertiary/aromatic N) is 3. The molecule has 0 bridgehead atoms. The average Bonchev–Trinajstić information content (AvgIpc) is 2.74. The van der Waals surface area contributed by atoms with Gasteiger partial charge in [-0.25, -0.2) is 0 Å². The molecule has 2 rings (SSSR count). The van der Waals surface area contributed by atoms with Gasteiger partial charge in [-0.05, 0) is 49.1 Å². The van der Waals surface area contributed by atoms with Crippen LogP contribution < -0.4 is 9.64 Å². The van der Waals surface area contributed by atoms with Gasteiger partial charge in [-0.1, -0.05) is 53.1 Å². The summed E-state index contributed by atoms with van der Waals surface area (Å²) in [6.07, 6.45) is 1.62. The van der Waals surface area contributed by atoms with Crippen molar-refractivity contribution in [2.75, 3.05) is 38.4 Å². The lowest BCUT2D eigenvalue weighted by atomic mass is 9.76. The number of anilines is 1. The minimum atomic E-state index is -1.96. The van der Waals surface area contributed by atoms with Gasteiger partial charge < -0.3 is 23.6 Å². The third-order valence-corrected chi connectivity index (χ3v) is 17.6. The Balaban J connectivity index is 2.35. The van der Waals surface area contributed by atoms with Crippen LogP contribution >= 0.6 is 11.6 Å². The molecule has 2 heterocycles. The standard InChI is InChI=1S/C25H48ClN3O4Si2/c1-23(2,3)34(8,9)32-17-25(18-33-35(10,11)24(4,5)6)12-13-29(19(15-25)16-30)21-14-20(26)27-22(28-21)31-7/h14,19,30H,12-13,15-18H2,1-11H3. The maximum Gasteiger partial charge on any atom is 0.319 e. The second-order valence-corrected chi connectivity index (χ2v) is 23.1. The van der Waals surface area contributed by atoms with E-state index in [4.69, 9.17) is 25.2 Å². The van der Waals surface area contributed by atoms with Gasteiger partial charge in [0.15, 0.2) is 16.6 Å². The van der Waals surface area contributed by atoms with E-state index in [9.17, 15) is 5.11 Å². The van der Waals surface area contributed by atoms with Crippen LogP contribution in [0.4, 0.5) is 5.82 Å². The molecule has 0 aliphatic carbocycles. The molecule has 0 aromatic carbocycles. The fourth-order valence-corrected chi connectivity index (χ4v) is 6.11. The molecule has 0 spiro atoms. The summed E-state index contributed by atoms with van der Waals surface area (Å²) in [6.45, 7) is 24.8. The molecule has 1 aliphatic rings. The fraction of sp³-hybridized carbons (Fsp3) is 0.840. The molecule has 1 unspecified atom stereocenters. The zero-order valence-electron chi connectivity index (χ0n) is 23.8. The molecule has 1 N–H and O–H groups in total. The molecular weight excluding hydrogens is 498 g/mol. The number of hydrogen-bond donors (Lipinski definition) is 1. The molecule has 202 valence electrons. The highest BCUT2D eigenvalue weighted by atomic mass is 35.5. The minimum absolute atomic E-state index is 0.00583. The third-order valence-electron chi connectivity index (χ3n) is 8.43. The summed E-state index contributed by atoms with van der Waals surface area (Å²) in [4.78, 5) is 10.7. The molecule has 1 fully saturated rings. The lowest BCUT2D eigenvalue weighted by Gasteiger charge is -2.50. The Kier molecular flexibility index (Phi) is 9.54. The fourth-order valence-electron chi connectivity index (χ4n) is 3.74. The zero-order valence-corrected chi connectivity index (χ0v) is 26.5. The van der Waals surface area contributed by atoms with Crippen LogP contribution in [0.1, 0.15) is 54.4 Å². The maximum absolute atomic E-state index is 10.5. The van der Waals surface area contributed by atoms with Crippen molar-refractivity contribution in [1.82, 2.24) is 9.97 Å². The predicted molar refractivity (Wildman–Crippen MR) is 150 cm³/mol. The number of ether oxygens (including phenoxy) is 1. The number of piperidine rings is 1. The van der Waals surface area contributed by atoms with E-state index in [2.05, 4.69) is 82.6 Å². The number of aromatic nitrogens is 2. The molecule has 0 saturated carbocycles. The molecule has 1 aromatic heterocycles. The van der Waals surface area contributed by atoms with E-state index in [1.165, 1.54) is 7.11 Å². The molecule has 0 amide bonds. The quantitative estimate of drug-likeness (QED) is 0.295. The average molecular weight is 546 g/mol. The Hall–Kier alpha value is -0.716. The maximum atomic E-state index is 10.5. The summed E-state index contributed by atoms with van der Waals surface area (Å²) in [5.74, 6) is 0.671. The Labute approximate surface area is 220 Å². The first-order valence-corrected chi connectivity index (χ1v) is 18.8. The van der Waals surface area contributed by atoms with Gasteiger partial charge in [0.25, 0.3) is 0 Å². The zero-order chi connectivity index (χ0) is 26.9. The van der Waals surface area contributed by atoms with Crippen molar-refractivity contribution >= 4 is 34.1 Å². The van der Waals surface area contributed by atoms with Gasteiger partial charge in [0.1, 0.15) is 11.0 Å². The number of aliphatic hydroxyl groups excluding tert-OH is 1. The molecule has 10 heteroatoms. The lowest BCUT2D eigenvalue weighted by molar-refractivity contribution is 0.0244. The van der Waals surface area contributed by atoms with Gasteiger partial charge in [-0.15, -0.1) is 0 Å². The normalized spacial score (nSPS) is 19.7. The largest absolute Gasteiger partial charge is 0.467 e. The Bertz CT molecular complexity index is 826. The van der Waals surface area contributed by atoms with E-state index in [0.717, 1.165) is 12.8 Å². The van der Waals surface area contributed by atoms with Crippen LogP contribution in [0.25, 0.3) is 0 Å². The molecular formula is C25H48ClN3O4Si2. The number of methoxy groups -OCH3 is 1. The molecule has 1 atom stereocenters. The number of rotatable bonds is 9. The summed E-state index contributed by atoms with van der Waals surface area (Å²) in [5, 5.41) is 11.0. The summed E-state index contributed by atoms with van der Waals surface area (Å²) < 4.78 is 18.8. The summed E-state index contributed by atoms with van der Waals surface area (Å²) in [5.41, 5.74) is -0.185. The van der Waals surface area contributed by atoms with Crippen LogP contribution in [-0.4, -0.2) is 71.2 Å². The Morgan fingerprint density at radius 2 is 1.54 bits per heavy atom. The van der Waals surface area contributed by atoms with Gasteiger partial charge in [0, 0.05) is 31.2 Å². The smallest absolute Gasteiger partial charge is 0.319 e. The van der Waals surface area contributed by atoms with E-state index in [-0.39, 0.29) is 34.2 Å². The number of hydrogen-bond acceptors (Lipinski definition) is 7. The predicted octanol–water partition coefficient (Wildman–Crippen LogP) is 6.13. The van der Waals surface area contributed by atoms with Crippen molar-refractivity contribution in [3.8, 4) is 6.01 Å². The monoisotopic (exact) mass is 545 g/mol. The van der Waals surface area contributed by atoms with Gasteiger partial charge in [0.2, 0.25) is 0 Å². The summed E-state index contributed by atoms with van der Waals surface area (Å²) >= 11 is 6.23. The molecule has 0 radical (unpaired) electrons. The highest BCUT2D eigenvalue weighted by Crippen LogP contribution is 2.44. The van der Waals surface area contributed by atoms with Crippen LogP contribution in [0.5, 0.6) is 6.01 Å². The molecule has 1 aliphatic heterocycles. The van der Waals surface area contributed by atoms with E-state index in [1.54, 1.807) is 6.07 Å². The topological polar surface area (TPSA) is 76.9 Å². The first-order valence-electron chi connectivity index (χ1n) is 12.6. The van der Waals surface area contributed by atoms with Crippen molar-refractivity contribution < 1.29 is 18.7 Å². The Morgan fingerprint density at radius 3 is 1.97 bits per heavy atom. The van der Waals surface area contributed by atoms with Gasteiger partial charge in [0.05, 0.1) is 19.8 Å². The number of halogens is 1. The van der Waals surface area contributed by atoms with Crippen molar-refractivity contribution in [2.45, 2.75) is 96.7 Å². The summed E-state index contributed by atoms with van der Waals surface area (Å²) in [7, 11) is -2.39. The molecule has 1 aromatic rings. The van der Waals surface area contributed by atoms with E-state index >= 15 is 0 Å². The Morgan fingerprint density at radius 1 is 1.03 bits per heavy atom. The second kappa shape index (κ2) is 11.0. The molecule has 7 nitrogen and oxygen atoms in total. The summed E-state index contributed by atoms with van der Waals surface area (Å²) in [6, 6.07) is 1.83. The molecule has 1 saturated heterocycles. The second-order valence-electron chi connectivity index (χ2n) is 13.1. The van der Waals surface area contributed by atoms with E-state index < -0.39 is 16.6 Å². The van der Waals surface area contributed by atoms with Crippen LogP contribution in [0.15, 0.2) is 6.07 Å². The first kappa shape index (κ1) is 30.5. The number of aliphatic hydroxyl groups is 1. The lowest BCUT2D eigenvalue weighted by Crippen LogP contribution is -2.55. The van der Waals surface area contributed by atoms with Gasteiger partial charge >= 0.3 is 6.01 Å². The highest BCUT2D eigenvalue weighted by Gasteiger charge is 2.46. The van der Waals surface area contributed by atoms with Gasteiger partial charge in [-0.2, -0.15) is 9.97 Å².